The highest BCUT2D eigenvalue weighted by Crippen LogP contribution is 2.25. The molecule has 0 spiro atoms. The van der Waals surface area contributed by atoms with Gasteiger partial charge in [-0.3, -0.25) is 0 Å². The van der Waals surface area contributed by atoms with E-state index in [-0.39, 0.29) is 5.82 Å². The zero-order valence-corrected chi connectivity index (χ0v) is 12.6. The Morgan fingerprint density at radius 3 is 2.47 bits per heavy atom. The molecule has 96 valence electrons. The molecule has 0 fully saturated rings. The van der Waals surface area contributed by atoms with Crippen LogP contribution < -0.4 is 5.32 Å². The molecule has 1 aromatic carbocycles. The molecular formula is C14H21BrFN. The highest BCUT2D eigenvalue weighted by molar-refractivity contribution is 9.10. The molecule has 1 N–H and O–H groups in total. The van der Waals surface area contributed by atoms with Crippen LogP contribution in [0.1, 0.15) is 32.8 Å². The van der Waals surface area contributed by atoms with Gasteiger partial charge in [0.05, 0.1) is 0 Å². The van der Waals surface area contributed by atoms with Gasteiger partial charge in [-0.1, -0.05) is 42.8 Å². The summed E-state index contributed by atoms with van der Waals surface area (Å²) in [5.74, 6) is -0.197. The number of hydrogen-bond donors (Lipinski definition) is 1. The molecule has 0 heterocycles. The molecule has 1 rings (SSSR count). The van der Waals surface area contributed by atoms with Gasteiger partial charge in [0.2, 0.25) is 0 Å². The van der Waals surface area contributed by atoms with E-state index in [0.717, 1.165) is 22.9 Å². The van der Waals surface area contributed by atoms with E-state index in [9.17, 15) is 4.39 Å². The second kappa shape index (κ2) is 5.96. The van der Waals surface area contributed by atoms with Crippen molar-refractivity contribution in [1.82, 2.24) is 5.32 Å². The van der Waals surface area contributed by atoms with Crippen molar-refractivity contribution in [3.8, 4) is 0 Å². The lowest BCUT2D eigenvalue weighted by atomic mass is 9.86. The predicted molar refractivity (Wildman–Crippen MR) is 74.7 cm³/mol. The van der Waals surface area contributed by atoms with Crippen LogP contribution in [0.25, 0.3) is 0 Å². The molecule has 1 aromatic rings. The van der Waals surface area contributed by atoms with E-state index in [4.69, 9.17) is 0 Å². The van der Waals surface area contributed by atoms with Gasteiger partial charge >= 0.3 is 0 Å². The maximum absolute atomic E-state index is 13.0. The van der Waals surface area contributed by atoms with E-state index in [1.807, 2.05) is 13.1 Å². The van der Waals surface area contributed by atoms with Gasteiger partial charge in [-0.05, 0) is 43.0 Å². The molecule has 0 aliphatic rings. The van der Waals surface area contributed by atoms with Gasteiger partial charge < -0.3 is 5.32 Å². The molecule has 1 atom stereocenters. The molecule has 0 aliphatic carbocycles. The lowest BCUT2D eigenvalue weighted by Gasteiger charge is -2.26. The van der Waals surface area contributed by atoms with E-state index in [2.05, 4.69) is 42.0 Å². The van der Waals surface area contributed by atoms with Crippen molar-refractivity contribution in [2.75, 3.05) is 7.05 Å². The first-order chi connectivity index (χ1) is 7.81. The number of likely N-dealkylation sites (N-methyl/N-ethyl adjacent to an activating group) is 1. The molecule has 0 aliphatic heterocycles. The molecule has 1 unspecified atom stereocenters. The van der Waals surface area contributed by atoms with Gasteiger partial charge in [-0.25, -0.2) is 4.39 Å². The van der Waals surface area contributed by atoms with E-state index >= 15 is 0 Å². The topological polar surface area (TPSA) is 12.0 Å². The molecule has 0 aromatic heterocycles. The molecule has 0 amide bonds. The van der Waals surface area contributed by atoms with Crippen LogP contribution >= 0.6 is 15.9 Å². The van der Waals surface area contributed by atoms with Crippen molar-refractivity contribution in [1.29, 1.82) is 0 Å². The monoisotopic (exact) mass is 301 g/mol. The summed E-state index contributed by atoms with van der Waals surface area (Å²) in [5, 5.41) is 3.33. The van der Waals surface area contributed by atoms with E-state index in [1.165, 1.54) is 12.1 Å². The van der Waals surface area contributed by atoms with Gasteiger partial charge in [0.1, 0.15) is 5.82 Å². The van der Waals surface area contributed by atoms with Crippen molar-refractivity contribution in [2.24, 2.45) is 5.41 Å². The van der Waals surface area contributed by atoms with Crippen LogP contribution in [0.3, 0.4) is 0 Å². The van der Waals surface area contributed by atoms with Gasteiger partial charge in [-0.2, -0.15) is 0 Å². The summed E-state index contributed by atoms with van der Waals surface area (Å²) in [5.41, 5.74) is 1.44. The summed E-state index contributed by atoms with van der Waals surface area (Å²) in [4.78, 5) is 0. The first-order valence-corrected chi connectivity index (χ1v) is 6.72. The fraction of sp³-hybridized carbons (Fsp3) is 0.571. The zero-order valence-electron chi connectivity index (χ0n) is 11.0. The number of nitrogens with one attached hydrogen (secondary N) is 1. The lowest BCUT2D eigenvalue weighted by molar-refractivity contribution is 0.315. The first-order valence-electron chi connectivity index (χ1n) is 5.93. The summed E-state index contributed by atoms with van der Waals surface area (Å²) in [6, 6.07) is 5.31. The highest BCUT2D eigenvalue weighted by atomic mass is 79.9. The predicted octanol–water partition coefficient (Wildman–Crippen LogP) is 4.15. The maximum Gasteiger partial charge on any atom is 0.124 e. The quantitative estimate of drug-likeness (QED) is 0.881. The summed E-state index contributed by atoms with van der Waals surface area (Å²) < 4.78 is 13.8. The summed E-state index contributed by atoms with van der Waals surface area (Å²) in [6.07, 6.45) is 2.00. The van der Waals surface area contributed by atoms with Gasteiger partial charge in [0.15, 0.2) is 0 Å². The second-order valence-electron chi connectivity index (χ2n) is 5.69. The third-order valence-electron chi connectivity index (χ3n) is 2.75. The minimum absolute atomic E-state index is 0.197. The fourth-order valence-electron chi connectivity index (χ4n) is 1.97. The Morgan fingerprint density at radius 1 is 1.35 bits per heavy atom. The Labute approximate surface area is 112 Å². The van der Waals surface area contributed by atoms with Crippen molar-refractivity contribution in [2.45, 2.75) is 39.7 Å². The third-order valence-corrected chi connectivity index (χ3v) is 3.49. The van der Waals surface area contributed by atoms with Crippen molar-refractivity contribution in [3.63, 3.8) is 0 Å². The molecule has 0 bridgehead atoms. The Hall–Kier alpha value is -0.410. The number of rotatable bonds is 4. The average molecular weight is 302 g/mol. The Kier molecular flexibility index (Phi) is 5.14. The van der Waals surface area contributed by atoms with Gasteiger partial charge in [0, 0.05) is 10.5 Å². The first kappa shape index (κ1) is 14.7. The van der Waals surface area contributed by atoms with Crippen LogP contribution in [0.2, 0.25) is 0 Å². The van der Waals surface area contributed by atoms with E-state index < -0.39 is 0 Å². The normalized spacial score (nSPS) is 13.8. The highest BCUT2D eigenvalue weighted by Gasteiger charge is 2.18. The molecule has 0 radical (unpaired) electrons. The Bertz CT molecular complexity index is 371. The van der Waals surface area contributed by atoms with Crippen LogP contribution in [-0.2, 0) is 6.42 Å². The summed E-state index contributed by atoms with van der Waals surface area (Å²) >= 11 is 3.42. The van der Waals surface area contributed by atoms with Gasteiger partial charge in [-0.15, -0.1) is 0 Å². The summed E-state index contributed by atoms with van der Waals surface area (Å²) in [6.45, 7) is 6.70. The Balaban J connectivity index is 2.74. The van der Waals surface area contributed by atoms with Crippen LogP contribution in [0.4, 0.5) is 4.39 Å². The standard InChI is InChI=1S/C14H21BrFN/c1-14(2,3)9-12(17-4)7-10-5-6-11(16)8-13(10)15/h5-6,8,12,17H,7,9H2,1-4H3. The molecule has 0 saturated heterocycles. The van der Waals surface area contributed by atoms with Gasteiger partial charge in [0.25, 0.3) is 0 Å². The molecular weight excluding hydrogens is 281 g/mol. The molecule has 17 heavy (non-hydrogen) atoms. The van der Waals surface area contributed by atoms with Crippen LogP contribution in [0.15, 0.2) is 22.7 Å². The van der Waals surface area contributed by atoms with Crippen molar-refractivity contribution < 1.29 is 4.39 Å². The van der Waals surface area contributed by atoms with Crippen LogP contribution in [0, 0.1) is 11.2 Å². The molecule has 0 saturated carbocycles. The van der Waals surface area contributed by atoms with Crippen LogP contribution in [0.5, 0.6) is 0 Å². The largest absolute Gasteiger partial charge is 0.317 e. The third kappa shape index (κ3) is 5.17. The van der Waals surface area contributed by atoms with E-state index in [0.29, 0.717) is 11.5 Å². The zero-order chi connectivity index (χ0) is 13.1. The van der Waals surface area contributed by atoms with E-state index in [1.54, 1.807) is 0 Å². The number of benzene rings is 1. The summed E-state index contributed by atoms with van der Waals surface area (Å²) in [7, 11) is 1.98. The average Bonchev–Trinajstić information content (AvgIpc) is 2.19. The minimum atomic E-state index is -0.197. The Morgan fingerprint density at radius 2 is 2.00 bits per heavy atom. The molecule has 3 heteroatoms. The van der Waals surface area contributed by atoms with Crippen molar-refractivity contribution >= 4 is 15.9 Å². The maximum atomic E-state index is 13.0. The minimum Gasteiger partial charge on any atom is -0.317 e. The van der Waals surface area contributed by atoms with Crippen molar-refractivity contribution in [3.05, 3.63) is 34.1 Å². The number of hydrogen-bond acceptors (Lipinski definition) is 1. The smallest absolute Gasteiger partial charge is 0.124 e. The second-order valence-corrected chi connectivity index (χ2v) is 6.54. The number of halogens is 2. The molecule has 1 nitrogen and oxygen atoms in total. The van der Waals surface area contributed by atoms with Crippen LogP contribution in [-0.4, -0.2) is 13.1 Å². The lowest BCUT2D eigenvalue weighted by Crippen LogP contribution is -2.32. The fourth-order valence-corrected chi connectivity index (χ4v) is 2.48. The SMILES string of the molecule is CNC(Cc1ccc(F)cc1Br)CC(C)(C)C.